The summed E-state index contributed by atoms with van der Waals surface area (Å²) in [5.41, 5.74) is -0.120. The molecule has 2 N–H and O–H groups in total. The monoisotopic (exact) mass is 294 g/mol. The smallest absolute Gasteiger partial charge is 0.286 e. The number of hydrogen-bond acceptors (Lipinski definition) is 3. The molecule has 21 heavy (non-hydrogen) atoms. The highest BCUT2D eigenvalue weighted by Crippen LogP contribution is 2.26. The summed E-state index contributed by atoms with van der Waals surface area (Å²) in [4.78, 5) is 23.6. The third-order valence-corrected chi connectivity index (χ3v) is 2.83. The van der Waals surface area contributed by atoms with E-state index in [-0.39, 0.29) is 41.5 Å². The van der Waals surface area contributed by atoms with Gasteiger partial charge in [0.05, 0.1) is 6.26 Å². The number of rotatable bonds is 6. The molecule has 0 aromatic carbocycles. The molecule has 5 nitrogen and oxygen atoms in total. The summed E-state index contributed by atoms with van der Waals surface area (Å²) < 4.78 is 4.98. The van der Waals surface area contributed by atoms with Crippen molar-refractivity contribution in [2.75, 3.05) is 6.54 Å². The zero-order valence-electron chi connectivity index (χ0n) is 13.6. The van der Waals surface area contributed by atoms with Gasteiger partial charge in [-0.25, -0.2) is 0 Å². The second kappa shape index (κ2) is 6.78. The zero-order valence-corrected chi connectivity index (χ0v) is 13.6. The molecule has 0 saturated heterocycles. The van der Waals surface area contributed by atoms with Crippen molar-refractivity contribution in [2.24, 2.45) is 5.41 Å². The first-order chi connectivity index (χ1) is 9.59. The van der Waals surface area contributed by atoms with Crippen molar-refractivity contribution in [1.82, 2.24) is 10.6 Å². The van der Waals surface area contributed by atoms with Gasteiger partial charge in [-0.15, -0.1) is 0 Å². The minimum absolute atomic E-state index is 0.0657. The van der Waals surface area contributed by atoms with E-state index in [0.29, 0.717) is 0 Å². The van der Waals surface area contributed by atoms with Crippen molar-refractivity contribution in [2.45, 2.75) is 53.0 Å². The fraction of sp³-hybridized carbons (Fsp3) is 0.625. The van der Waals surface area contributed by atoms with Crippen LogP contribution in [0.25, 0.3) is 0 Å². The number of hydrogen-bond donors (Lipinski definition) is 2. The van der Waals surface area contributed by atoms with Crippen molar-refractivity contribution in [1.29, 1.82) is 0 Å². The van der Waals surface area contributed by atoms with Crippen LogP contribution in [-0.2, 0) is 4.79 Å². The van der Waals surface area contributed by atoms with Crippen molar-refractivity contribution >= 4 is 11.8 Å². The average Bonchev–Trinajstić information content (AvgIpc) is 2.77. The van der Waals surface area contributed by atoms with Gasteiger partial charge in [-0.2, -0.15) is 0 Å². The summed E-state index contributed by atoms with van der Waals surface area (Å²) >= 11 is 0. The molecule has 0 spiro atoms. The fourth-order valence-corrected chi connectivity index (χ4v) is 2.59. The van der Waals surface area contributed by atoms with Crippen LogP contribution in [0.2, 0.25) is 0 Å². The largest absolute Gasteiger partial charge is 0.459 e. The summed E-state index contributed by atoms with van der Waals surface area (Å²) in [7, 11) is 0. The molecule has 0 radical (unpaired) electrons. The van der Waals surface area contributed by atoms with Gasteiger partial charge >= 0.3 is 0 Å². The molecule has 0 unspecified atom stereocenters. The summed E-state index contributed by atoms with van der Waals surface area (Å²) in [5, 5.41) is 5.66. The number of carbonyl (C=O) groups is 2. The highest BCUT2D eigenvalue weighted by atomic mass is 16.3. The lowest BCUT2D eigenvalue weighted by molar-refractivity contribution is -0.122. The van der Waals surface area contributed by atoms with E-state index >= 15 is 0 Å². The van der Waals surface area contributed by atoms with Crippen LogP contribution < -0.4 is 10.6 Å². The maximum Gasteiger partial charge on any atom is 0.286 e. The van der Waals surface area contributed by atoms with E-state index < -0.39 is 0 Å². The Hall–Kier alpha value is -1.78. The lowest BCUT2D eigenvalue weighted by Crippen LogP contribution is -2.46. The molecule has 0 aliphatic carbocycles. The number of furan rings is 1. The van der Waals surface area contributed by atoms with Gasteiger partial charge in [0.15, 0.2) is 5.76 Å². The van der Waals surface area contributed by atoms with Gasteiger partial charge in [0.2, 0.25) is 5.91 Å². The first kappa shape index (κ1) is 17.3. The molecule has 1 heterocycles. The van der Waals surface area contributed by atoms with E-state index in [0.717, 1.165) is 6.42 Å². The zero-order chi connectivity index (χ0) is 16.1. The van der Waals surface area contributed by atoms with Crippen molar-refractivity contribution < 1.29 is 14.0 Å². The van der Waals surface area contributed by atoms with Crippen LogP contribution >= 0.6 is 0 Å². The minimum Gasteiger partial charge on any atom is -0.459 e. The lowest BCUT2D eigenvalue weighted by atomic mass is 9.82. The van der Waals surface area contributed by atoms with E-state index in [1.54, 1.807) is 12.1 Å². The number of amides is 2. The van der Waals surface area contributed by atoms with Crippen LogP contribution in [0.4, 0.5) is 0 Å². The minimum atomic E-state index is -0.304. The van der Waals surface area contributed by atoms with Crippen molar-refractivity contribution in [3.8, 4) is 0 Å². The Bertz CT molecular complexity index is 470. The Balaban J connectivity index is 2.32. The van der Waals surface area contributed by atoms with Crippen LogP contribution in [0, 0.1) is 5.41 Å². The molecule has 0 aliphatic rings. The van der Waals surface area contributed by atoms with Crippen LogP contribution in [0.5, 0.6) is 0 Å². The normalized spacial score (nSPS) is 12.0. The van der Waals surface area contributed by atoms with Gasteiger partial charge in [-0.05, 0) is 37.8 Å². The maximum atomic E-state index is 11.9. The first-order valence-corrected chi connectivity index (χ1v) is 7.22. The molecular formula is C16H26N2O3. The number of carbonyl (C=O) groups excluding carboxylic acids is 2. The van der Waals surface area contributed by atoms with Crippen LogP contribution in [-0.4, -0.2) is 23.9 Å². The van der Waals surface area contributed by atoms with Gasteiger partial charge in [-0.1, -0.05) is 20.8 Å². The Morgan fingerprint density at radius 3 is 2.38 bits per heavy atom. The average molecular weight is 294 g/mol. The molecule has 0 saturated carbocycles. The third-order valence-electron chi connectivity index (χ3n) is 2.83. The van der Waals surface area contributed by atoms with Crippen LogP contribution in [0.1, 0.15) is 58.0 Å². The predicted octanol–water partition coefficient (Wildman–Crippen LogP) is 2.73. The molecule has 0 bridgehead atoms. The fourth-order valence-electron chi connectivity index (χ4n) is 2.59. The van der Waals surface area contributed by atoms with Crippen LogP contribution in [0.15, 0.2) is 22.8 Å². The van der Waals surface area contributed by atoms with Gasteiger partial charge in [-0.3, -0.25) is 9.59 Å². The lowest BCUT2D eigenvalue weighted by Gasteiger charge is -2.33. The van der Waals surface area contributed by atoms with E-state index in [2.05, 4.69) is 31.4 Å². The van der Waals surface area contributed by atoms with Gasteiger partial charge in [0.1, 0.15) is 0 Å². The quantitative estimate of drug-likeness (QED) is 0.847. The molecule has 2 amide bonds. The Morgan fingerprint density at radius 2 is 1.86 bits per heavy atom. The third kappa shape index (κ3) is 6.97. The standard InChI is InChI=1S/C16H26N2O3/c1-15(2,3)11-16(4,5)18-13(19)8-9-17-14(20)12-7-6-10-21-12/h6-7,10H,8-9,11H2,1-5H3,(H,17,20)(H,18,19). The van der Waals surface area contributed by atoms with Crippen molar-refractivity contribution in [3.05, 3.63) is 24.2 Å². The topological polar surface area (TPSA) is 71.3 Å². The first-order valence-electron chi connectivity index (χ1n) is 7.22. The Kier molecular flexibility index (Phi) is 5.58. The predicted molar refractivity (Wildman–Crippen MR) is 82.0 cm³/mol. The summed E-state index contributed by atoms with van der Waals surface area (Å²) in [5.74, 6) is -0.116. The Morgan fingerprint density at radius 1 is 1.19 bits per heavy atom. The molecule has 1 aromatic heterocycles. The number of nitrogens with one attached hydrogen (secondary N) is 2. The van der Waals surface area contributed by atoms with Gasteiger partial charge in [0, 0.05) is 18.5 Å². The Labute approximate surface area is 126 Å². The second-order valence-electron chi connectivity index (χ2n) is 7.15. The van der Waals surface area contributed by atoms with E-state index in [1.807, 2.05) is 13.8 Å². The molecule has 0 aliphatic heterocycles. The molecule has 1 aromatic rings. The SMILES string of the molecule is CC(C)(C)CC(C)(C)NC(=O)CCNC(=O)c1ccco1. The molecular weight excluding hydrogens is 268 g/mol. The van der Waals surface area contributed by atoms with Crippen molar-refractivity contribution in [3.63, 3.8) is 0 Å². The van der Waals surface area contributed by atoms with Gasteiger partial charge < -0.3 is 15.1 Å². The van der Waals surface area contributed by atoms with E-state index in [1.165, 1.54) is 6.26 Å². The van der Waals surface area contributed by atoms with Crippen LogP contribution in [0.3, 0.4) is 0 Å². The summed E-state index contributed by atoms with van der Waals surface area (Å²) in [6.07, 6.45) is 2.57. The molecule has 118 valence electrons. The maximum absolute atomic E-state index is 11.9. The van der Waals surface area contributed by atoms with E-state index in [4.69, 9.17) is 4.42 Å². The summed E-state index contributed by atoms with van der Waals surface area (Å²) in [6, 6.07) is 3.23. The molecule has 0 atom stereocenters. The highest BCUT2D eigenvalue weighted by molar-refractivity contribution is 5.91. The van der Waals surface area contributed by atoms with Gasteiger partial charge in [0.25, 0.3) is 5.91 Å². The second-order valence-corrected chi connectivity index (χ2v) is 7.15. The molecule has 5 heteroatoms. The summed E-state index contributed by atoms with van der Waals surface area (Å²) in [6.45, 7) is 10.7. The molecule has 1 rings (SSSR count). The highest BCUT2D eigenvalue weighted by Gasteiger charge is 2.26. The van der Waals surface area contributed by atoms with E-state index in [9.17, 15) is 9.59 Å². The molecule has 0 fully saturated rings.